The molecule has 12 nitrogen and oxygen atoms in total. The number of amides is 2. The Hall–Kier alpha value is -3.96. The fourth-order valence-electron chi connectivity index (χ4n) is 6.07. The Morgan fingerprint density at radius 3 is 2.40 bits per heavy atom. The van der Waals surface area contributed by atoms with Crippen molar-refractivity contribution in [3.63, 3.8) is 0 Å². The van der Waals surface area contributed by atoms with Crippen LogP contribution >= 0.6 is 0 Å². The van der Waals surface area contributed by atoms with Crippen molar-refractivity contribution in [1.82, 2.24) is 5.32 Å². The van der Waals surface area contributed by atoms with E-state index < -0.39 is 79.5 Å². The maximum Gasteiger partial charge on any atom is 0.501 e. The highest BCUT2D eigenvalue weighted by atomic mass is 32.2. The zero-order valence-electron chi connectivity index (χ0n) is 25.1. The number of sulfone groups is 1. The summed E-state index contributed by atoms with van der Waals surface area (Å²) in [7, 11) is -4.45. The van der Waals surface area contributed by atoms with Crippen LogP contribution in [0.25, 0.3) is 0 Å². The van der Waals surface area contributed by atoms with Crippen LogP contribution in [-0.4, -0.2) is 75.1 Å². The third-order valence-electron chi connectivity index (χ3n) is 8.88. The van der Waals surface area contributed by atoms with Crippen molar-refractivity contribution in [1.29, 1.82) is 0 Å². The Bertz CT molecular complexity index is 1660. The highest BCUT2D eigenvalue weighted by Gasteiger charge is 2.52. The molecule has 3 aliphatic rings. The first-order chi connectivity index (χ1) is 22.0. The van der Waals surface area contributed by atoms with E-state index in [-0.39, 0.29) is 36.0 Å². The van der Waals surface area contributed by atoms with Crippen LogP contribution < -0.4 is 20.1 Å². The maximum absolute atomic E-state index is 15.0. The normalized spacial score (nSPS) is 27.5. The molecule has 2 saturated carbocycles. The summed E-state index contributed by atoms with van der Waals surface area (Å²) in [6, 6.07) is 4.77. The molecule has 0 radical (unpaired) electrons. The average Bonchev–Trinajstić information content (AvgIpc) is 3.61. The first-order valence-electron chi connectivity index (χ1n) is 14.6. The van der Waals surface area contributed by atoms with E-state index >= 15 is 4.39 Å². The largest absolute Gasteiger partial charge is 0.501 e. The number of aliphatic carboxylic acids is 1. The number of hydrogen-bond acceptors (Lipinski definition) is 9. The van der Waals surface area contributed by atoms with Gasteiger partial charge in [-0.1, -0.05) is 6.07 Å². The van der Waals surface area contributed by atoms with E-state index in [4.69, 9.17) is 18.9 Å². The molecule has 17 heteroatoms. The van der Waals surface area contributed by atoms with Crippen LogP contribution in [-0.2, 0) is 28.9 Å². The molecule has 0 bridgehead atoms. The van der Waals surface area contributed by atoms with Crippen LogP contribution in [0.2, 0.25) is 0 Å². The molecule has 47 heavy (non-hydrogen) atoms. The van der Waals surface area contributed by atoms with Crippen LogP contribution in [0.1, 0.15) is 49.4 Å². The molecule has 1 unspecified atom stereocenters. The van der Waals surface area contributed by atoms with Crippen molar-refractivity contribution >= 4 is 33.3 Å². The standard InChI is InChI=1S/C30H32F4N2O10S/c1-29(28(39)40)8-6-16(7-9-29)46-22-11-18(21(43-2)13-20(22)31)26(37)36-24-19(12-23-25(24)45-14-44-23)27(38)35-15-4-3-5-17(10-15)47(41,42)30(32,33)34/h3-5,10-11,13,16,19,23-25H,6-9,12,14H2,1-2H3,(H,35,38)(H,36,37)(H,39,40)/t16?,19-,23-,24?,25-,29?/m1/s1. The zero-order valence-corrected chi connectivity index (χ0v) is 26.0. The molecule has 2 aromatic rings. The van der Waals surface area contributed by atoms with Crippen molar-refractivity contribution in [3.8, 4) is 11.5 Å². The fourth-order valence-corrected chi connectivity index (χ4v) is 6.88. The Kier molecular flexibility index (Phi) is 9.45. The summed E-state index contributed by atoms with van der Waals surface area (Å²) >= 11 is 0. The minimum Gasteiger partial charge on any atom is -0.496 e. The molecule has 1 saturated heterocycles. The lowest BCUT2D eigenvalue weighted by atomic mass is 9.75. The van der Waals surface area contributed by atoms with Crippen molar-refractivity contribution in [2.75, 3.05) is 19.2 Å². The van der Waals surface area contributed by atoms with E-state index in [0.717, 1.165) is 24.3 Å². The predicted molar refractivity (Wildman–Crippen MR) is 154 cm³/mol. The first-order valence-corrected chi connectivity index (χ1v) is 16.1. The predicted octanol–water partition coefficient (Wildman–Crippen LogP) is 4.04. The summed E-state index contributed by atoms with van der Waals surface area (Å²) in [6.45, 7) is 1.52. The summed E-state index contributed by atoms with van der Waals surface area (Å²) in [4.78, 5) is 37.5. The molecular weight excluding hydrogens is 656 g/mol. The van der Waals surface area contributed by atoms with E-state index in [1.807, 2.05) is 0 Å². The molecule has 2 aliphatic carbocycles. The van der Waals surface area contributed by atoms with Gasteiger partial charge < -0.3 is 34.7 Å². The molecule has 0 aromatic heterocycles. The highest BCUT2D eigenvalue weighted by Crippen LogP contribution is 2.40. The van der Waals surface area contributed by atoms with E-state index in [1.165, 1.54) is 13.2 Å². The molecule has 3 N–H and O–H groups in total. The third kappa shape index (κ3) is 6.87. The number of carbonyl (C=O) groups excluding carboxylic acids is 2. The molecule has 256 valence electrons. The molecule has 3 fully saturated rings. The Morgan fingerprint density at radius 1 is 1.06 bits per heavy atom. The Labute approximate surface area is 266 Å². The number of nitrogens with one attached hydrogen (secondary N) is 2. The van der Waals surface area contributed by atoms with Gasteiger partial charge in [-0.25, -0.2) is 12.8 Å². The number of anilines is 1. The lowest BCUT2D eigenvalue weighted by molar-refractivity contribution is -0.150. The second-order valence-corrected chi connectivity index (χ2v) is 13.9. The SMILES string of the molecule is COc1cc(F)c(OC2CCC(C)(C(=O)O)CC2)cc1C(=O)NC1[C@H](C(=O)Nc2cccc(S(=O)(=O)C(F)(F)F)c2)C[C@H]2OCO[C@@H]12. The first kappa shape index (κ1) is 34.4. The van der Waals surface area contributed by atoms with E-state index in [1.54, 1.807) is 6.92 Å². The minimum atomic E-state index is -5.68. The topological polar surface area (TPSA) is 167 Å². The smallest absolute Gasteiger partial charge is 0.496 e. The molecule has 1 aliphatic heterocycles. The van der Waals surface area contributed by atoms with Gasteiger partial charge in [0.25, 0.3) is 15.7 Å². The number of fused-ring (bicyclic) bond motifs is 1. The number of alkyl halides is 3. The molecule has 0 spiro atoms. The van der Waals surface area contributed by atoms with Gasteiger partial charge in [0.2, 0.25) is 5.91 Å². The van der Waals surface area contributed by atoms with Crippen LogP contribution in [0.5, 0.6) is 11.5 Å². The van der Waals surface area contributed by atoms with Crippen LogP contribution in [0.3, 0.4) is 0 Å². The molecule has 2 aromatic carbocycles. The fraction of sp³-hybridized carbons (Fsp3) is 0.500. The number of rotatable bonds is 9. The van der Waals surface area contributed by atoms with E-state index in [0.29, 0.717) is 31.7 Å². The molecular formula is C30H32F4N2O10S. The van der Waals surface area contributed by atoms with Gasteiger partial charge in [0.1, 0.15) is 18.6 Å². The highest BCUT2D eigenvalue weighted by molar-refractivity contribution is 7.92. The van der Waals surface area contributed by atoms with Gasteiger partial charge in [0.15, 0.2) is 11.6 Å². The number of halogens is 4. The number of benzene rings is 2. The summed E-state index contributed by atoms with van der Waals surface area (Å²) in [5.74, 6) is -4.71. The van der Waals surface area contributed by atoms with Crippen molar-refractivity contribution in [2.45, 2.75) is 73.8 Å². The lowest BCUT2D eigenvalue weighted by Gasteiger charge is -2.34. The average molecular weight is 689 g/mol. The van der Waals surface area contributed by atoms with Gasteiger partial charge in [0, 0.05) is 11.8 Å². The monoisotopic (exact) mass is 688 g/mol. The number of carboxylic acid groups (broad SMARTS) is 1. The van der Waals surface area contributed by atoms with Crippen LogP contribution in [0, 0.1) is 17.2 Å². The van der Waals surface area contributed by atoms with Crippen molar-refractivity contribution < 1.29 is 64.4 Å². The minimum absolute atomic E-state index is 0.0494. The molecule has 5 rings (SSSR count). The second-order valence-electron chi connectivity index (χ2n) is 11.9. The summed E-state index contributed by atoms with van der Waals surface area (Å²) < 4.78 is 100. The van der Waals surface area contributed by atoms with Gasteiger partial charge >= 0.3 is 11.5 Å². The maximum atomic E-state index is 15.0. The molecule has 2 amide bonds. The number of ether oxygens (including phenoxy) is 4. The van der Waals surface area contributed by atoms with Gasteiger partial charge in [-0.05, 0) is 63.3 Å². The van der Waals surface area contributed by atoms with Gasteiger partial charge in [-0.2, -0.15) is 13.2 Å². The van der Waals surface area contributed by atoms with Gasteiger partial charge in [-0.3, -0.25) is 14.4 Å². The Balaban J connectivity index is 1.34. The number of carbonyl (C=O) groups is 3. The number of carboxylic acids is 1. The molecule has 4 atom stereocenters. The number of methoxy groups -OCH3 is 1. The second kappa shape index (κ2) is 12.9. The van der Waals surface area contributed by atoms with Crippen LogP contribution in [0.15, 0.2) is 41.3 Å². The Morgan fingerprint density at radius 2 is 1.77 bits per heavy atom. The third-order valence-corrected chi connectivity index (χ3v) is 10.4. The van der Waals surface area contributed by atoms with E-state index in [2.05, 4.69) is 10.6 Å². The lowest BCUT2D eigenvalue weighted by Crippen LogP contribution is -2.48. The quantitative estimate of drug-likeness (QED) is 0.328. The van der Waals surface area contributed by atoms with Crippen molar-refractivity contribution in [3.05, 3.63) is 47.8 Å². The summed E-state index contributed by atoms with van der Waals surface area (Å²) in [5.41, 5.74) is -6.83. The number of hydrogen-bond donors (Lipinski definition) is 3. The zero-order chi connectivity index (χ0) is 34.3. The molecule has 1 heterocycles. The summed E-state index contributed by atoms with van der Waals surface area (Å²) in [5, 5.41) is 14.6. The van der Waals surface area contributed by atoms with Crippen LogP contribution in [0.4, 0.5) is 23.2 Å². The summed E-state index contributed by atoms with van der Waals surface area (Å²) in [6.07, 6.45) is -0.538. The van der Waals surface area contributed by atoms with Crippen molar-refractivity contribution in [2.24, 2.45) is 11.3 Å². The van der Waals surface area contributed by atoms with Gasteiger partial charge in [-0.15, -0.1) is 0 Å². The van der Waals surface area contributed by atoms with E-state index in [9.17, 15) is 41.1 Å². The van der Waals surface area contributed by atoms with Gasteiger partial charge in [0.05, 0.1) is 47.2 Å².